The van der Waals surface area contributed by atoms with Crippen molar-refractivity contribution in [2.45, 2.75) is 108 Å². The molecule has 12 atom stereocenters. The molecule has 15 nitrogen and oxygen atoms in total. The van der Waals surface area contributed by atoms with E-state index in [1.54, 1.807) is 45.2 Å². The van der Waals surface area contributed by atoms with Gasteiger partial charge in [0.05, 0.1) is 25.0 Å². The third-order valence-electron chi connectivity index (χ3n) is 15.7. The molecule has 0 bridgehead atoms. The van der Waals surface area contributed by atoms with E-state index in [-0.39, 0.29) is 50.0 Å². The second-order valence-electron chi connectivity index (χ2n) is 19.6. The van der Waals surface area contributed by atoms with Gasteiger partial charge in [-0.2, -0.15) is 0 Å². The van der Waals surface area contributed by atoms with Crippen molar-refractivity contribution in [3.8, 4) is 5.75 Å². The molecule has 0 aromatic heterocycles. The SMILES string of the molecule is COc1cc(Cc2ccc([C@@H]3O[C@@H]4C[C@H]5[C@@H]6C[C@H](F)C7=CC(=O)C=C[C@]7(C)[C@@]6(F)[C@@H](O)C[C@]5(C)[C@]4(C(=O)CO)O3)cc2)ccc1N(C)C(=O)[C@H](C)NC(=O)[C@H](C)CC(=O)CCN1C(=O)C=CC1=O. The first-order chi connectivity index (χ1) is 32.1. The zero-order valence-electron chi connectivity index (χ0n) is 38.8. The molecule has 2 aromatic carbocycles. The minimum atomic E-state index is -2.36. The van der Waals surface area contributed by atoms with Crippen molar-refractivity contribution in [2.75, 3.05) is 32.2 Å². The van der Waals surface area contributed by atoms with Crippen LogP contribution in [0.25, 0.3) is 0 Å². The molecule has 2 aliphatic heterocycles. The van der Waals surface area contributed by atoms with Crippen LogP contribution in [0.1, 0.15) is 82.8 Å². The summed E-state index contributed by atoms with van der Waals surface area (Å²) in [5.74, 6) is -5.47. The number of nitrogens with one attached hydrogen (secondary N) is 1. The number of likely N-dealkylation sites (N-methyl/N-ethyl adjacent to an activating group) is 1. The Morgan fingerprint density at radius 2 is 1.66 bits per heavy atom. The zero-order chi connectivity index (χ0) is 49.2. The highest BCUT2D eigenvalue weighted by Crippen LogP contribution is 2.72. The molecule has 6 aliphatic rings. The molecule has 3 N–H and O–H groups in total. The van der Waals surface area contributed by atoms with Crippen molar-refractivity contribution in [2.24, 2.45) is 28.6 Å². The molecular weight excluding hydrogens is 885 g/mol. The molecule has 1 saturated heterocycles. The number of rotatable bonds is 15. The van der Waals surface area contributed by atoms with Gasteiger partial charge in [0.2, 0.25) is 11.8 Å². The summed E-state index contributed by atoms with van der Waals surface area (Å²) in [4.78, 5) is 91.1. The Morgan fingerprint density at radius 1 is 0.985 bits per heavy atom. The Balaban J connectivity index is 0.905. The Hall–Kier alpha value is -5.75. The molecule has 0 spiro atoms. The topological polar surface area (TPSA) is 206 Å². The van der Waals surface area contributed by atoms with E-state index in [2.05, 4.69) is 5.32 Å². The van der Waals surface area contributed by atoms with Crippen LogP contribution in [0.2, 0.25) is 0 Å². The van der Waals surface area contributed by atoms with Crippen LogP contribution in [0.3, 0.4) is 0 Å². The molecule has 362 valence electrons. The average molecular weight is 942 g/mol. The number of allylic oxidation sites excluding steroid dienone is 4. The minimum absolute atomic E-state index is 0.00253. The first kappa shape index (κ1) is 48.7. The number of benzene rings is 2. The molecule has 2 heterocycles. The highest BCUT2D eigenvalue weighted by molar-refractivity contribution is 6.13. The number of alkyl halides is 2. The lowest BCUT2D eigenvalue weighted by molar-refractivity contribution is -0.235. The molecule has 4 aliphatic carbocycles. The number of ether oxygens (including phenoxy) is 3. The quantitative estimate of drug-likeness (QED) is 0.214. The Kier molecular flexibility index (Phi) is 12.9. The van der Waals surface area contributed by atoms with Gasteiger partial charge in [0.1, 0.15) is 30.4 Å². The third kappa shape index (κ3) is 7.75. The molecular formula is C51H57F2N3O12. The summed E-state index contributed by atoms with van der Waals surface area (Å²) < 4.78 is 52.6. The van der Waals surface area contributed by atoms with Crippen molar-refractivity contribution in [3.05, 3.63) is 95.1 Å². The second-order valence-corrected chi connectivity index (χ2v) is 19.6. The third-order valence-corrected chi connectivity index (χ3v) is 15.7. The van der Waals surface area contributed by atoms with Crippen LogP contribution >= 0.6 is 0 Å². The number of imide groups is 1. The van der Waals surface area contributed by atoms with Crippen LogP contribution in [0, 0.1) is 28.6 Å². The van der Waals surface area contributed by atoms with E-state index >= 15 is 8.78 Å². The number of amides is 4. The molecule has 2 aromatic rings. The van der Waals surface area contributed by atoms with Crippen LogP contribution in [0.4, 0.5) is 14.5 Å². The Labute approximate surface area is 392 Å². The van der Waals surface area contributed by atoms with Gasteiger partial charge >= 0.3 is 0 Å². The predicted molar refractivity (Wildman–Crippen MR) is 240 cm³/mol. The van der Waals surface area contributed by atoms with E-state index in [1.807, 2.05) is 18.2 Å². The van der Waals surface area contributed by atoms with Gasteiger partial charge in [-0.25, -0.2) is 8.78 Å². The summed E-state index contributed by atoms with van der Waals surface area (Å²) in [6, 6.07) is 11.7. The lowest BCUT2D eigenvalue weighted by Gasteiger charge is -2.63. The summed E-state index contributed by atoms with van der Waals surface area (Å²) in [5, 5.41) is 24.8. The van der Waals surface area contributed by atoms with Gasteiger partial charge in [-0.1, -0.05) is 50.3 Å². The van der Waals surface area contributed by atoms with Crippen molar-refractivity contribution in [1.29, 1.82) is 0 Å². The maximum Gasteiger partial charge on any atom is 0.253 e. The number of anilines is 1. The maximum absolute atomic E-state index is 17.8. The van der Waals surface area contributed by atoms with Gasteiger partial charge in [-0.05, 0) is 86.4 Å². The number of hydrogen-bond acceptors (Lipinski definition) is 12. The van der Waals surface area contributed by atoms with Crippen LogP contribution in [0.15, 0.2) is 78.4 Å². The molecule has 4 fully saturated rings. The smallest absolute Gasteiger partial charge is 0.253 e. The van der Waals surface area contributed by atoms with Gasteiger partial charge in [-0.15, -0.1) is 0 Å². The molecule has 68 heavy (non-hydrogen) atoms. The van der Waals surface area contributed by atoms with Gasteiger partial charge in [0, 0.05) is 66.8 Å². The maximum atomic E-state index is 17.8. The lowest BCUT2D eigenvalue weighted by Crippen LogP contribution is -2.70. The number of carbonyl (C=O) groups is 7. The van der Waals surface area contributed by atoms with Gasteiger partial charge < -0.3 is 34.6 Å². The van der Waals surface area contributed by atoms with Crippen LogP contribution < -0.4 is 15.0 Å². The number of fused-ring (bicyclic) bond motifs is 7. The largest absolute Gasteiger partial charge is 0.495 e. The number of ketones is 3. The fraction of sp³-hybridized carbons (Fsp3) is 0.510. The predicted octanol–water partition coefficient (Wildman–Crippen LogP) is 4.31. The van der Waals surface area contributed by atoms with E-state index in [0.29, 0.717) is 23.4 Å². The number of halogens is 2. The number of nitrogens with zero attached hydrogens (tertiary/aromatic N) is 2. The fourth-order valence-electron chi connectivity index (χ4n) is 12.1. The van der Waals surface area contributed by atoms with Gasteiger partial charge in [0.15, 0.2) is 29.1 Å². The minimum Gasteiger partial charge on any atom is -0.495 e. The van der Waals surface area contributed by atoms with E-state index in [4.69, 9.17) is 14.2 Å². The number of hydrogen-bond donors (Lipinski definition) is 3. The molecule has 0 unspecified atom stereocenters. The summed E-state index contributed by atoms with van der Waals surface area (Å²) in [6.45, 7) is 5.36. The second kappa shape index (κ2) is 18.0. The molecule has 0 radical (unpaired) electrons. The van der Waals surface area contributed by atoms with Crippen LogP contribution in [-0.2, 0) is 49.5 Å². The number of Topliss-reactive ketones (excluding diaryl/α,β-unsaturated/α-hetero) is 2. The number of aliphatic hydroxyl groups is 2. The van der Waals surface area contributed by atoms with Crippen molar-refractivity contribution >= 4 is 46.7 Å². The number of carbonyl (C=O) groups excluding carboxylic acids is 7. The molecule has 17 heteroatoms. The Morgan fingerprint density at radius 3 is 2.32 bits per heavy atom. The van der Waals surface area contributed by atoms with Crippen LogP contribution in [0.5, 0.6) is 5.75 Å². The lowest BCUT2D eigenvalue weighted by atomic mass is 9.44. The summed E-state index contributed by atoms with van der Waals surface area (Å²) in [6.07, 6.45) is 0.453. The summed E-state index contributed by atoms with van der Waals surface area (Å²) >= 11 is 0. The summed E-state index contributed by atoms with van der Waals surface area (Å²) in [5.41, 5.74) is -4.24. The van der Waals surface area contributed by atoms with Gasteiger partial charge in [0.25, 0.3) is 11.8 Å². The van der Waals surface area contributed by atoms with E-state index in [1.165, 1.54) is 38.0 Å². The normalized spacial score (nSPS) is 33.2. The first-order valence-electron chi connectivity index (χ1n) is 23.0. The number of aliphatic hydroxyl groups excluding tert-OH is 2. The number of methoxy groups -OCH3 is 1. The zero-order valence-corrected chi connectivity index (χ0v) is 38.8. The van der Waals surface area contributed by atoms with E-state index in [9.17, 15) is 43.8 Å². The van der Waals surface area contributed by atoms with Crippen molar-refractivity contribution in [1.82, 2.24) is 10.2 Å². The van der Waals surface area contributed by atoms with Gasteiger partial charge in [-0.3, -0.25) is 38.5 Å². The molecule has 3 saturated carbocycles. The molecule has 8 rings (SSSR count). The average Bonchev–Trinajstić information content (AvgIpc) is 3.94. The van der Waals surface area contributed by atoms with E-state index < -0.39 is 112 Å². The van der Waals surface area contributed by atoms with Crippen molar-refractivity contribution in [3.63, 3.8) is 0 Å². The monoisotopic (exact) mass is 941 g/mol. The van der Waals surface area contributed by atoms with Crippen molar-refractivity contribution < 1.29 is 66.8 Å². The van der Waals surface area contributed by atoms with E-state index in [0.717, 1.165) is 34.3 Å². The molecule has 4 amide bonds. The Bertz CT molecular complexity index is 2530. The highest BCUT2D eigenvalue weighted by Gasteiger charge is 2.80. The standard InChI is InChI=1S/C51H57F2N3O12/c1-27(19-33(59)16-18-56-43(62)13-14-44(56)63)45(64)54-28(2)46(65)55(5)38-12-9-30(21-39(38)66-6)20-29-7-10-31(11-8-29)47-67-42-24-34-35-23-37(52)36-22-32(58)15-17-48(36,3)50(35,53)40(60)25-49(34,4)51(42,68-47)41(61)26-57/h7-15,17,21-22,27-28,34-35,37,40,42,47,57,60H,16,18-20,23-26H2,1-6H3,(H,54,64)/t27-,28+,34+,35+,37+,40+,42-,47-,48+,49+,50+,51-/m1/s1. The highest BCUT2D eigenvalue weighted by atomic mass is 19.1. The van der Waals surface area contributed by atoms with Crippen LogP contribution in [-0.4, -0.2) is 119 Å². The summed E-state index contributed by atoms with van der Waals surface area (Å²) in [7, 11) is 3.02. The first-order valence-corrected chi connectivity index (χ1v) is 23.0. The fourth-order valence-corrected chi connectivity index (χ4v) is 12.1.